The van der Waals surface area contributed by atoms with Crippen LogP contribution in [0.3, 0.4) is 0 Å². The van der Waals surface area contributed by atoms with E-state index in [1.165, 1.54) is 6.07 Å². The third-order valence-electron chi connectivity index (χ3n) is 2.04. The van der Waals surface area contributed by atoms with E-state index < -0.39 is 11.7 Å². The van der Waals surface area contributed by atoms with Crippen LogP contribution in [-0.2, 0) is 6.18 Å². The molecular weight excluding hydrogens is 285 g/mol. The number of rotatable bonds is 3. The Bertz CT molecular complexity index is 366. The summed E-state index contributed by atoms with van der Waals surface area (Å²) in [7, 11) is 0. The second kappa shape index (κ2) is 5.05. The van der Waals surface area contributed by atoms with Crippen LogP contribution in [0.25, 0.3) is 0 Å². The van der Waals surface area contributed by atoms with Crippen molar-refractivity contribution in [3.8, 4) is 0 Å². The van der Waals surface area contributed by atoms with Crippen LogP contribution in [0.4, 0.5) is 18.9 Å². The van der Waals surface area contributed by atoms with Gasteiger partial charge in [-0.25, -0.2) is 0 Å². The van der Waals surface area contributed by atoms with Gasteiger partial charge in [0.1, 0.15) is 0 Å². The first-order valence-electron chi connectivity index (χ1n) is 4.68. The largest absolute Gasteiger partial charge is 0.418 e. The maximum absolute atomic E-state index is 12.7. The molecule has 1 aromatic carbocycles. The quantitative estimate of drug-likeness (QED) is 0.899. The predicted molar refractivity (Wildman–Crippen MR) is 61.3 cm³/mol. The van der Waals surface area contributed by atoms with E-state index in [1.807, 2.05) is 0 Å². The van der Waals surface area contributed by atoms with Gasteiger partial charge in [-0.2, -0.15) is 13.2 Å². The van der Waals surface area contributed by atoms with Gasteiger partial charge in [0.2, 0.25) is 0 Å². The third kappa shape index (κ3) is 3.38. The lowest BCUT2D eigenvalue weighted by Crippen LogP contribution is -2.26. The molecule has 0 fully saturated rings. The monoisotopic (exact) mass is 296 g/mol. The molecule has 1 rings (SSSR count). The Kier molecular flexibility index (Phi) is 4.21. The standard InChI is InChI=1S/C10H12BrF3N2/c1-6(5-15)16-9-3-2-7(11)4-8(9)10(12,13)14/h2-4,6,16H,5,15H2,1H3. The Morgan fingerprint density at radius 2 is 2.06 bits per heavy atom. The van der Waals surface area contributed by atoms with Crippen molar-refractivity contribution in [2.75, 3.05) is 11.9 Å². The number of anilines is 1. The lowest BCUT2D eigenvalue weighted by atomic mass is 10.1. The fraction of sp³-hybridized carbons (Fsp3) is 0.400. The second-order valence-electron chi connectivity index (χ2n) is 3.47. The summed E-state index contributed by atoms with van der Waals surface area (Å²) in [6, 6.07) is 3.79. The molecule has 3 N–H and O–H groups in total. The normalized spacial score (nSPS) is 13.6. The minimum atomic E-state index is -4.37. The van der Waals surface area contributed by atoms with E-state index in [-0.39, 0.29) is 18.3 Å². The lowest BCUT2D eigenvalue weighted by Gasteiger charge is -2.18. The molecule has 2 nitrogen and oxygen atoms in total. The van der Waals surface area contributed by atoms with Crippen molar-refractivity contribution >= 4 is 21.6 Å². The Hall–Kier alpha value is -0.750. The summed E-state index contributed by atoms with van der Waals surface area (Å²) in [5, 5.41) is 2.73. The minimum absolute atomic E-state index is 0.0497. The second-order valence-corrected chi connectivity index (χ2v) is 4.38. The zero-order valence-corrected chi connectivity index (χ0v) is 10.2. The molecule has 0 radical (unpaired) electrons. The smallest absolute Gasteiger partial charge is 0.381 e. The van der Waals surface area contributed by atoms with Crippen LogP contribution in [0.15, 0.2) is 22.7 Å². The molecule has 1 atom stereocenters. The van der Waals surface area contributed by atoms with E-state index >= 15 is 0 Å². The molecule has 1 aromatic rings. The fourth-order valence-corrected chi connectivity index (χ4v) is 1.56. The Morgan fingerprint density at radius 3 is 2.56 bits per heavy atom. The van der Waals surface area contributed by atoms with Crippen molar-refractivity contribution in [3.05, 3.63) is 28.2 Å². The van der Waals surface area contributed by atoms with Crippen LogP contribution >= 0.6 is 15.9 Å². The first kappa shape index (κ1) is 13.3. The number of nitrogens with two attached hydrogens (primary N) is 1. The van der Waals surface area contributed by atoms with Gasteiger partial charge in [-0.15, -0.1) is 0 Å². The van der Waals surface area contributed by atoms with Gasteiger partial charge < -0.3 is 11.1 Å². The van der Waals surface area contributed by atoms with Crippen molar-refractivity contribution in [1.82, 2.24) is 0 Å². The van der Waals surface area contributed by atoms with E-state index in [2.05, 4.69) is 21.2 Å². The van der Waals surface area contributed by atoms with Crippen LogP contribution < -0.4 is 11.1 Å². The minimum Gasteiger partial charge on any atom is -0.381 e. The van der Waals surface area contributed by atoms with E-state index in [0.29, 0.717) is 4.47 Å². The molecule has 0 spiro atoms. The molecule has 0 saturated carbocycles. The summed E-state index contributed by atoms with van der Waals surface area (Å²) in [5.74, 6) is 0. The van der Waals surface area contributed by atoms with Crippen molar-refractivity contribution < 1.29 is 13.2 Å². The molecule has 0 bridgehead atoms. The summed E-state index contributed by atoms with van der Waals surface area (Å²) in [5.41, 5.74) is 4.71. The van der Waals surface area contributed by atoms with Gasteiger partial charge >= 0.3 is 6.18 Å². The summed E-state index contributed by atoms with van der Waals surface area (Å²) in [4.78, 5) is 0. The highest BCUT2D eigenvalue weighted by molar-refractivity contribution is 9.10. The highest BCUT2D eigenvalue weighted by Gasteiger charge is 2.33. The van der Waals surface area contributed by atoms with Gasteiger partial charge in [-0.3, -0.25) is 0 Å². The zero-order chi connectivity index (χ0) is 12.3. The summed E-state index contributed by atoms with van der Waals surface area (Å²) < 4.78 is 38.5. The third-order valence-corrected chi connectivity index (χ3v) is 2.54. The maximum Gasteiger partial charge on any atom is 0.418 e. The molecule has 16 heavy (non-hydrogen) atoms. The highest BCUT2D eigenvalue weighted by atomic mass is 79.9. The average molecular weight is 297 g/mol. The predicted octanol–water partition coefficient (Wildman–Crippen LogP) is 3.23. The molecular formula is C10H12BrF3N2. The van der Waals surface area contributed by atoms with Crippen LogP contribution in [0, 0.1) is 0 Å². The summed E-state index contributed by atoms with van der Waals surface area (Å²) >= 11 is 3.02. The molecule has 0 amide bonds. The molecule has 6 heteroatoms. The SMILES string of the molecule is CC(CN)Nc1ccc(Br)cc1C(F)(F)F. The highest BCUT2D eigenvalue weighted by Crippen LogP contribution is 2.36. The Balaban J connectivity index is 3.08. The van der Waals surface area contributed by atoms with Gasteiger partial charge in [0.05, 0.1) is 5.56 Å². The summed E-state index contributed by atoms with van der Waals surface area (Å²) in [6.07, 6.45) is -4.37. The fourth-order valence-electron chi connectivity index (χ4n) is 1.20. The van der Waals surface area contributed by atoms with Crippen LogP contribution in [0.2, 0.25) is 0 Å². The Morgan fingerprint density at radius 1 is 1.44 bits per heavy atom. The molecule has 0 heterocycles. The van der Waals surface area contributed by atoms with Crippen LogP contribution in [-0.4, -0.2) is 12.6 Å². The van der Waals surface area contributed by atoms with Gasteiger partial charge in [0, 0.05) is 22.7 Å². The number of nitrogens with one attached hydrogen (secondary N) is 1. The first-order chi connectivity index (χ1) is 7.34. The average Bonchev–Trinajstić information content (AvgIpc) is 2.19. The molecule has 0 aliphatic heterocycles. The van der Waals surface area contributed by atoms with Crippen molar-refractivity contribution in [2.24, 2.45) is 5.73 Å². The van der Waals surface area contributed by atoms with E-state index in [0.717, 1.165) is 6.07 Å². The zero-order valence-electron chi connectivity index (χ0n) is 8.61. The molecule has 0 saturated heterocycles. The lowest BCUT2D eigenvalue weighted by molar-refractivity contribution is -0.137. The van der Waals surface area contributed by atoms with Gasteiger partial charge in [-0.1, -0.05) is 15.9 Å². The summed E-state index contributed by atoms with van der Waals surface area (Å²) in [6.45, 7) is 2.00. The van der Waals surface area contributed by atoms with Gasteiger partial charge in [0.15, 0.2) is 0 Å². The van der Waals surface area contributed by atoms with Crippen LogP contribution in [0.5, 0.6) is 0 Å². The van der Waals surface area contributed by atoms with E-state index in [1.54, 1.807) is 13.0 Å². The van der Waals surface area contributed by atoms with Gasteiger partial charge in [-0.05, 0) is 25.1 Å². The van der Waals surface area contributed by atoms with Crippen molar-refractivity contribution in [1.29, 1.82) is 0 Å². The van der Waals surface area contributed by atoms with Crippen molar-refractivity contribution in [2.45, 2.75) is 19.1 Å². The number of halogens is 4. The molecule has 0 aromatic heterocycles. The van der Waals surface area contributed by atoms with E-state index in [9.17, 15) is 13.2 Å². The number of benzene rings is 1. The van der Waals surface area contributed by atoms with Crippen LogP contribution in [0.1, 0.15) is 12.5 Å². The Labute approximate surface area is 100 Å². The van der Waals surface area contributed by atoms with Gasteiger partial charge in [0.25, 0.3) is 0 Å². The number of hydrogen-bond acceptors (Lipinski definition) is 2. The number of hydrogen-bond donors (Lipinski definition) is 2. The first-order valence-corrected chi connectivity index (χ1v) is 5.47. The maximum atomic E-state index is 12.7. The topological polar surface area (TPSA) is 38.0 Å². The molecule has 1 unspecified atom stereocenters. The molecule has 0 aliphatic rings. The number of alkyl halides is 3. The van der Waals surface area contributed by atoms with Crippen molar-refractivity contribution in [3.63, 3.8) is 0 Å². The molecule has 0 aliphatic carbocycles. The molecule has 90 valence electrons. The van der Waals surface area contributed by atoms with E-state index in [4.69, 9.17) is 5.73 Å².